The molecule has 1 aliphatic rings. The van der Waals surface area contributed by atoms with Gasteiger partial charge in [-0.05, 0) is 43.5 Å². The van der Waals surface area contributed by atoms with E-state index >= 15 is 0 Å². The summed E-state index contributed by atoms with van der Waals surface area (Å²) in [4.78, 5) is 23.0. The van der Waals surface area contributed by atoms with E-state index in [1.54, 1.807) is 24.3 Å². The first kappa shape index (κ1) is 12.1. The van der Waals surface area contributed by atoms with Gasteiger partial charge in [0.1, 0.15) is 5.54 Å². The highest BCUT2D eigenvalue weighted by Gasteiger charge is 2.45. The Hall–Kier alpha value is -1.36. The molecule has 0 bridgehead atoms. The van der Waals surface area contributed by atoms with Crippen molar-refractivity contribution >= 4 is 27.8 Å². The van der Waals surface area contributed by atoms with Crippen molar-refractivity contribution in [3.63, 3.8) is 0 Å². The summed E-state index contributed by atoms with van der Waals surface area (Å²) in [6, 6.07) is 6.83. The summed E-state index contributed by atoms with van der Waals surface area (Å²) in [6.07, 6.45) is 1.85. The van der Waals surface area contributed by atoms with E-state index in [2.05, 4.69) is 21.2 Å². The number of carbonyl (C=O) groups is 2. The number of amides is 1. The van der Waals surface area contributed by atoms with E-state index in [4.69, 9.17) is 5.11 Å². The molecular formula is C12H12BrNO3. The zero-order chi connectivity index (χ0) is 12.5. The van der Waals surface area contributed by atoms with Crippen LogP contribution in [0.25, 0.3) is 0 Å². The average molecular weight is 298 g/mol. The third-order valence-corrected chi connectivity index (χ3v) is 3.60. The lowest BCUT2D eigenvalue weighted by Gasteiger charge is -2.38. The van der Waals surface area contributed by atoms with Gasteiger partial charge in [-0.1, -0.05) is 15.9 Å². The number of nitrogens with one attached hydrogen (secondary N) is 1. The standard InChI is InChI=1S/C12H12BrNO3/c13-9-4-2-8(3-5-9)10(15)14-12(11(16)17)6-1-7-12/h2-5H,1,6-7H2,(H,14,15)(H,16,17). The van der Waals surface area contributed by atoms with E-state index in [1.165, 1.54) is 0 Å². The van der Waals surface area contributed by atoms with Gasteiger partial charge in [-0.25, -0.2) is 4.79 Å². The van der Waals surface area contributed by atoms with Gasteiger partial charge in [0, 0.05) is 10.0 Å². The number of carboxylic acid groups (broad SMARTS) is 1. The van der Waals surface area contributed by atoms with E-state index in [9.17, 15) is 9.59 Å². The number of hydrogen-bond donors (Lipinski definition) is 2. The van der Waals surface area contributed by atoms with Crippen LogP contribution in [0, 0.1) is 0 Å². The van der Waals surface area contributed by atoms with Crippen LogP contribution in [-0.2, 0) is 4.79 Å². The minimum atomic E-state index is -1.05. The summed E-state index contributed by atoms with van der Waals surface area (Å²) >= 11 is 3.28. The van der Waals surface area contributed by atoms with Crippen LogP contribution >= 0.6 is 15.9 Å². The molecule has 1 aromatic carbocycles. The van der Waals surface area contributed by atoms with Crippen molar-refractivity contribution < 1.29 is 14.7 Å². The fraction of sp³-hybridized carbons (Fsp3) is 0.333. The molecule has 0 aliphatic heterocycles. The molecular weight excluding hydrogens is 286 g/mol. The normalized spacial score (nSPS) is 17.0. The van der Waals surface area contributed by atoms with Crippen molar-refractivity contribution in [3.8, 4) is 0 Å². The van der Waals surface area contributed by atoms with Crippen molar-refractivity contribution in [2.75, 3.05) is 0 Å². The molecule has 2 rings (SSSR count). The van der Waals surface area contributed by atoms with Crippen LogP contribution in [0.15, 0.2) is 28.7 Å². The molecule has 2 N–H and O–H groups in total. The third kappa shape index (κ3) is 2.34. The van der Waals surface area contributed by atoms with Gasteiger partial charge in [0.15, 0.2) is 0 Å². The second kappa shape index (κ2) is 4.49. The maximum atomic E-state index is 11.9. The molecule has 1 fully saturated rings. The van der Waals surface area contributed by atoms with E-state index in [-0.39, 0.29) is 5.91 Å². The smallest absolute Gasteiger partial charge is 0.329 e. The highest BCUT2D eigenvalue weighted by atomic mass is 79.9. The maximum absolute atomic E-state index is 11.9. The molecule has 4 nitrogen and oxygen atoms in total. The molecule has 90 valence electrons. The predicted octanol–water partition coefficient (Wildman–Crippen LogP) is 2.19. The molecule has 1 amide bonds. The number of benzene rings is 1. The van der Waals surface area contributed by atoms with Crippen LogP contribution in [-0.4, -0.2) is 22.5 Å². The van der Waals surface area contributed by atoms with E-state index < -0.39 is 11.5 Å². The van der Waals surface area contributed by atoms with E-state index in [0.717, 1.165) is 10.9 Å². The minimum absolute atomic E-state index is 0.334. The van der Waals surface area contributed by atoms with Crippen molar-refractivity contribution in [1.82, 2.24) is 5.32 Å². The second-order valence-electron chi connectivity index (χ2n) is 4.20. The molecule has 0 atom stereocenters. The van der Waals surface area contributed by atoms with Crippen molar-refractivity contribution in [2.24, 2.45) is 0 Å². The fourth-order valence-electron chi connectivity index (χ4n) is 1.81. The first-order valence-electron chi connectivity index (χ1n) is 5.35. The van der Waals surface area contributed by atoms with Crippen molar-refractivity contribution in [3.05, 3.63) is 34.3 Å². The number of aliphatic carboxylic acids is 1. The van der Waals surface area contributed by atoms with Crippen molar-refractivity contribution in [2.45, 2.75) is 24.8 Å². The van der Waals surface area contributed by atoms with Crippen molar-refractivity contribution in [1.29, 1.82) is 0 Å². The molecule has 0 spiro atoms. The summed E-state index contributed by atoms with van der Waals surface area (Å²) in [7, 11) is 0. The summed E-state index contributed by atoms with van der Waals surface area (Å²) in [6.45, 7) is 0. The van der Waals surface area contributed by atoms with E-state index in [0.29, 0.717) is 18.4 Å². The number of carboxylic acids is 1. The Morgan fingerprint density at radius 1 is 1.24 bits per heavy atom. The molecule has 0 aromatic heterocycles. The molecule has 1 saturated carbocycles. The first-order chi connectivity index (χ1) is 8.03. The van der Waals surface area contributed by atoms with Crippen LogP contribution in [0.4, 0.5) is 0 Å². The van der Waals surface area contributed by atoms with Gasteiger partial charge in [0.2, 0.25) is 0 Å². The largest absolute Gasteiger partial charge is 0.480 e. The molecule has 0 unspecified atom stereocenters. The minimum Gasteiger partial charge on any atom is -0.480 e. The van der Waals surface area contributed by atoms with Gasteiger partial charge >= 0.3 is 5.97 Å². The second-order valence-corrected chi connectivity index (χ2v) is 5.12. The quantitative estimate of drug-likeness (QED) is 0.899. The number of carbonyl (C=O) groups excluding carboxylic acids is 1. The first-order valence-corrected chi connectivity index (χ1v) is 6.14. The highest BCUT2D eigenvalue weighted by Crippen LogP contribution is 2.32. The molecule has 0 radical (unpaired) electrons. The average Bonchev–Trinajstić information content (AvgIpc) is 2.23. The van der Waals surface area contributed by atoms with Gasteiger partial charge in [-0.3, -0.25) is 4.79 Å². The van der Waals surface area contributed by atoms with Crippen LogP contribution in [0.5, 0.6) is 0 Å². The molecule has 17 heavy (non-hydrogen) atoms. The summed E-state index contributed by atoms with van der Waals surface area (Å²) in [5, 5.41) is 11.7. The monoisotopic (exact) mass is 297 g/mol. The maximum Gasteiger partial charge on any atom is 0.329 e. The number of rotatable bonds is 3. The van der Waals surface area contributed by atoms with Crippen LogP contribution in [0.2, 0.25) is 0 Å². The van der Waals surface area contributed by atoms with Gasteiger partial charge in [0.05, 0.1) is 0 Å². The lowest BCUT2D eigenvalue weighted by atomic mass is 9.76. The predicted molar refractivity (Wildman–Crippen MR) is 65.8 cm³/mol. The topological polar surface area (TPSA) is 66.4 Å². The Kier molecular flexibility index (Phi) is 3.19. The highest BCUT2D eigenvalue weighted by molar-refractivity contribution is 9.10. The van der Waals surface area contributed by atoms with Gasteiger partial charge in [-0.2, -0.15) is 0 Å². The van der Waals surface area contributed by atoms with Crippen LogP contribution < -0.4 is 5.32 Å². The number of halogens is 1. The SMILES string of the molecule is O=C(NC1(C(=O)O)CCC1)c1ccc(Br)cc1. The summed E-state index contributed by atoms with van der Waals surface area (Å²) in [5.74, 6) is -1.28. The molecule has 1 aliphatic carbocycles. The Balaban J connectivity index is 2.11. The molecule has 0 heterocycles. The lowest BCUT2D eigenvalue weighted by Crippen LogP contribution is -2.59. The molecule has 1 aromatic rings. The van der Waals surface area contributed by atoms with Crippen LogP contribution in [0.3, 0.4) is 0 Å². The zero-order valence-electron chi connectivity index (χ0n) is 9.07. The fourth-order valence-corrected chi connectivity index (χ4v) is 2.08. The Morgan fingerprint density at radius 3 is 2.24 bits per heavy atom. The number of hydrogen-bond acceptors (Lipinski definition) is 2. The summed E-state index contributed by atoms with van der Waals surface area (Å²) < 4.78 is 0.880. The molecule has 5 heteroatoms. The van der Waals surface area contributed by atoms with Gasteiger partial charge in [-0.15, -0.1) is 0 Å². The molecule has 0 saturated heterocycles. The lowest BCUT2D eigenvalue weighted by molar-refractivity contribution is -0.148. The zero-order valence-corrected chi connectivity index (χ0v) is 10.7. The third-order valence-electron chi connectivity index (χ3n) is 3.08. The van der Waals surface area contributed by atoms with E-state index in [1.807, 2.05) is 0 Å². The van der Waals surface area contributed by atoms with Gasteiger partial charge in [0.25, 0.3) is 5.91 Å². The Labute approximate surface area is 107 Å². The Morgan fingerprint density at radius 2 is 1.82 bits per heavy atom. The van der Waals surface area contributed by atoms with Gasteiger partial charge < -0.3 is 10.4 Å². The summed E-state index contributed by atoms with van der Waals surface area (Å²) in [5.41, 5.74) is -0.579. The Bertz CT molecular complexity index is 451. The van der Waals surface area contributed by atoms with Crippen LogP contribution in [0.1, 0.15) is 29.6 Å².